The smallest absolute Gasteiger partial charge is 0.316 e. The van der Waals surface area contributed by atoms with Crippen LogP contribution in [0.1, 0.15) is 11.5 Å². The number of benzene rings is 1. The third-order valence-corrected chi connectivity index (χ3v) is 2.72. The number of rotatable bonds is 2. The van der Waals surface area contributed by atoms with E-state index in [0.717, 1.165) is 4.90 Å². The molecule has 1 aromatic carbocycles. The summed E-state index contributed by atoms with van der Waals surface area (Å²) >= 11 is 0. The van der Waals surface area contributed by atoms with Crippen LogP contribution in [0.4, 0.5) is 14.5 Å². The van der Waals surface area contributed by atoms with E-state index < -0.39 is 24.2 Å². The third-order valence-electron chi connectivity index (χ3n) is 2.72. The lowest BCUT2D eigenvalue weighted by Crippen LogP contribution is -2.35. The lowest BCUT2D eigenvalue weighted by atomic mass is 10.0. The summed E-state index contributed by atoms with van der Waals surface area (Å²) in [7, 11) is 0. The molecule has 1 atom stereocenters. The summed E-state index contributed by atoms with van der Waals surface area (Å²) in [4.78, 5) is 23.1. The Morgan fingerprint density at radius 1 is 1.35 bits per heavy atom. The first-order valence-electron chi connectivity index (χ1n) is 4.93. The van der Waals surface area contributed by atoms with Crippen LogP contribution >= 0.6 is 0 Å². The molecule has 0 saturated heterocycles. The molecule has 1 amide bonds. The Morgan fingerprint density at radius 2 is 2.00 bits per heavy atom. The van der Waals surface area contributed by atoms with Gasteiger partial charge >= 0.3 is 12.4 Å². The summed E-state index contributed by atoms with van der Waals surface area (Å²) < 4.78 is 24.7. The minimum Gasteiger partial charge on any atom is -0.481 e. The summed E-state index contributed by atoms with van der Waals surface area (Å²) in [6, 6.07) is 6.20. The molecular weight excluding hydrogens is 232 g/mol. The molecule has 6 heteroatoms. The number of alkyl halides is 2. The minimum atomic E-state index is -3.13. The number of para-hydroxylation sites is 1. The number of amides is 1. The van der Waals surface area contributed by atoms with Crippen LogP contribution in [0.3, 0.4) is 0 Å². The quantitative estimate of drug-likeness (QED) is 0.852. The molecule has 0 aliphatic carbocycles. The van der Waals surface area contributed by atoms with Crippen molar-refractivity contribution in [1.29, 1.82) is 0 Å². The highest BCUT2D eigenvalue weighted by Gasteiger charge is 2.38. The van der Waals surface area contributed by atoms with Crippen LogP contribution in [0.2, 0.25) is 0 Å². The molecule has 17 heavy (non-hydrogen) atoms. The standard InChI is InChI=1S/C11H9F2NO3/c12-9(13)10(15)14-5-7(11(16)17)6-3-1-2-4-8(6)14/h1-4,7,9H,5H2,(H,16,17). The van der Waals surface area contributed by atoms with Crippen molar-refractivity contribution in [3.05, 3.63) is 29.8 Å². The fourth-order valence-electron chi connectivity index (χ4n) is 1.94. The second-order valence-corrected chi connectivity index (χ2v) is 3.70. The zero-order chi connectivity index (χ0) is 12.6. The van der Waals surface area contributed by atoms with E-state index in [2.05, 4.69) is 0 Å². The lowest BCUT2D eigenvalue weighted by molar-refractivity contribution is -0.138. The maximum atomic E-state index is 12.4. The topological polar surface area (TPSA) is 57.6 Å². The number of halogens is 2. The lowest BCUT2D eigenvalue weighted by Gasteiger charge is -2.16. The van der Waals surface area contributed by atoms with Crippen molar-refractivity contribution in [1.82, 2.24) is 0 Å². The minimum absolute atomic E-state index is 0.238. The Balaban J connectivity index is 2.41. The van der Waals surface area contributed by atoms with Crippen LogP contribution in [0.25, 0.3) is 0 Å². The van der Waals surface area contributed by atoms with Crippen molar-refractivity contribution < 1.29 is 23.5 Å². The Labute approximate surface area is 95.5 Å². The van der Waals surface area contributed by atoms with E-state index >= 15 is 0 Å². The monoisotopic (exact) mass is 241 g/mol. The Bertz CT molecular complexity index is 476. The van der Waals surface area contributed by atoms with Crippen LogP contribution in [-0.2, 0) is 9.59 Å². The Hall–Kier alpha value is -1.98. The highest BCUT2D eigenvalue weighted by atomic mass is 19.3. The predicted octanol–water partition coefficient (Wildman–Crippen LogP) is 1.47. The highest BCUT2D eigenvalue weighted by molar-refractivity contribution is 6.00. The summed E-state index contributed by atoms with van der Waals surface area (Å²) in [6.07, 6.45) is -3.13. The summed E-state index contributed by atoms with van der Waals surface area (Å²) in [5, 5.41) is 8.97. The summed E-state index contributed by atoms with van der Waals surface area (Å²) in [5.74, 6) is -3.42. The van der Waals surface area contributed by atoms with Crippen LogP contribution in [0, 0.1) is 0 Å². The van der Waals surface area contributed by atoms with Gasteiger partial charge in [-0.05, 0) is 11.6 Å². The largest absolute Gasteiger partial charge is 0.481 e. The predicted molar refractivity (Wildman–Crippen MR) is 55.2 cm³/mol. The number of hydrogen-bond donors (Lipinski definition) is 1. The molecule has 1 aliphatic rings. The van der Waals surface area contributed by atoms with Crippen LogP contribution < -0.4 is 4.90 Å². The van der Waals surface area contributed by atoms with Gasteiger partial charge in [-0.25, -0.2) is 0 Å². The van der Waals surface area contributed by atoms with Gasteiger partial charge in [0.25, 0.3) is 5.91 Å². The summed E-state index contributed by atoms with van der Waals surface area (Å²) in [5.41, 5.74) is 0.652. The van der Waals surface area contributed by atoms with Crippen LogP contribution in [-0.4, -0.2) is 30.0 Å². The fraction of sp³-hybridized carbons (Fsp3) is 0.273. The van der Waals surface area contributed by atoms with E-state index in [0.29, 0.717) is 5.56 Å². The Kier molecular flexibility index (Phi) is 2.79. The van der Waals surface area contributed by atoms with E-state index in [1.165, 1.54) is 12.1 Å². The maximum absolute atomic E-state index is 12.4. The van der Waals surface area contributed by atoms with Gasteiger partial charge in [-0.15, -0.1) is 0 Å². The molecular formula is C11H9F2NO3. The number of carbonyl (C=O) groups is 2. The normalized spacial score (nSPS) is 18.3. The van der Waals surface area contributed by atoms with Gasteiger partial charge in [-0.2, -0.15) is 8.78 Å². The van der Waals surface area contributed by atoms with Crippen molar-refractivity contribution in [2.24, 2.45) is 0 Å². The van der Waals surface area contributed by atoms with Crippen molar-refractivity contribution >= 4 is 17.6 Å². The first kappa shape index (κ1) is 11.5. The average Bonchev–Trinajstić information content (AvgIpc) is 2.67. The highest BCUT2D eigenvalue weighted by Crippen LogP contribution is 2.36. The number of anilines is 1. The van der Waals surface area contributed by atoms with Crippen molar-refractivity contribution in [3.8, 4) is 0 Å². The van der Waals surface area contributed by atoms with Gasteiger partial charge in [-0.3, -0.25) is 9.59 Å². The average molecular weight is 241 g/mol. The number of fused-ring (bicyclic) bond motifs is 1. The van der Waals surface area contributed by atoms with Gasteiger partial charge in [-0.1, -0.05) is 18.2 Å². The second-order valence-electron chi connectivity index (χ2n) is 3.70. The van der Waals surface area contributed by atoms with Crippen molar-refractivity contribution in [3.63, 3.8) is 0 Å². The van der Waals surface area contributed by atoms with Gasteiger partial charge in [0.15, 0.2) is 0 Å². The molecule has 0 bridgehead atoms. The van der Waals surface area contributed by atoms with Crippen molar-refractivity contribution in [2.45, 2.75) is 12.3 Å². The molecule has 4 nitrogen and oxygen atoms in total. The van der Waals surface area contributed by atoms with E-state index in [-0.39, 0.29) is 12.2 Å². The molecule has 90 valence electrons. The molecule has 0 radical (unpaired) electrons. The number of carbonyl (C=O) groups excluding carboxylic acids is 1. The summed E-state index contributed by atoms with van der Waals surface area (Å²) in [6.45, 7) is -0.238. The molecule has 0 spiro atoms. The molecule has 0 saturated carbocycles. The number of carboxylic acid groups (broad SMARTS) is 1. The van der Waals surface area contributed by atoms with Gasteiger partial charge < -0.3 is 10.0 Å². The van der Waals surface area contributed by atoms with Gasteiger partial charge in [0.1, 0.15) is 5.92 Å². The number of hydrogen-bond acceptors (Lipinski definition) is 2. The zero-order valence-electron chi connectivity index (χ0n) is 8.64. The van der Waals surface area contributed by atoms with Crippen LogP contribution in [0.5, 0.6) is 0 Å². The SMILES string of the molecule is O=C(O)C1CN(C(=O)C(F)F)c2ccccc21. The second kappa shape index (κ2) is 4.12. The van der Waals surface area contributed by atoms with Gasteiger partial charge in [0.2, 0.25) is 0 Å². The molecule has 2 rings (SSSR count). The van der Waals surface area contributed by atoms with Gasteiger partial charge in [0.05, 0.1) is 0 Å². The van der Waals surface area contributed by atoms with E-state index in [1.54, 1.807) is 12.1 Å². The maximum Gasteiger partial charge on any atom is 0.316 e. The molecule has 0 aromatic heterocycles. The number of nitrogens with zero attached hydrogens (tertiary/aromatic N) is 1. The third kappa shape index (κ3) is 1.86. The first-order valence-corrected chi connectivity index (χ1v) is 4.93. The zero-order valence-corrected chi connectivity index (χ0v) is 8.64. The van der Waals surface area contributed by atoms with E-state index in [4.69, 9.17) is 5.11 Å². The molecule has 1 aromatic rings. The molecule has 0 fully saturated rings. The van der Waals surface area contributed by atoms with E-state index in [1.807, 2.05) is 0 Å². The number of carboxylic acids is 1. The first-order chi connectivity index (χ1) is 8.02. The van der Waals surface area contributed by atoms with Gasteiger partial charge in [0, 0.05) is 12.2 Å². The Morgan fingerprint density at radius 3 is 2.59 bits per heavy atom. The van der Waals surface area contributed by atoms with Crippen molar-refractivity contribution in [2.75, 3.05) is 11.4 Å². The van der Waals surface area contributed by atoms with E-state index in [9.17, 15) is 18.4 Å². The molecule has 1 aliphatic heterocycles. The molecule has 1 heterocycles. The fourth-order valence-corrected chi connectivity index (χ4v) is 1.94. The number of aliphatic carboxylic acids is 1. The molecule has 1 N–H and O–H groups in total. The molecule has 1 unspecified atom stereocenters. The van der Waals surface area contributed by atoms with Crippen LogP contribution in [0.15, 0.2) is 24.3 Å².